The topological polar surface area (TPSA) is 151 Å². The zero-order chi connectivity index (χ0) is 28.8. The Morgan fingerprint density at radius 3 is 2.80 bits per heavy atom. The van der Waals surface area contributed by atoms with Crippen molar-refractivity contribution in [2.24, 2.45) is 4.99 Å². The van der Waals surface area contributed by atoms with Gasteiger partial charge in [-0.3, -0.25) is 14.3 Å². The minimum absolute atomic E-state index is 0.0703. The summed E-state index contributed by atoms with van der Waals surface area (Å²) in [4.78, 5) is 44.3. The highest BCUT2D eigenvalue weighted by Gasteiger charge is 2.42. The Hall–Kier alpha value is -4.01. The number of pyridine rings is 1. The van der Waals surface area contributed by atoms with E-state index >= 15 is 0 Å². The average molecular weight is 614 g/mol. The standard InChI is InChI=1S/C26H25BrFN7O5/c1-15(36)24-18-11-16(26(2)29-9-4-10-34(26)39)7-8-19(18)33(31-24)14-23(37)32-13-17(28)12-20(32)25(38)30-22-6-3-5-21(27)35(22)40/h3-11,17,20,34H,12-14H2,1-2H3,(H,30,38)/t17-,20+,26?/m1/s1. The van der Waals surface area contributed by atoms with E-state index in [1.165, 1.54) is 36.2 Å². The number of allylic oxidation sites excluding steroid dienone is 1. The Labute approximate surface area is 236 Å². The number of nitrogens with one attached hydrogen (secondary N) is 2. The zero-order valence-corrected chi connectivity index (χ0v) is 23.1. The van der Waals surface area contributed by atoms with Gasteiger partial charge in [-0.05, 0) is 46.3 Å². The largest absolute Gasteiger partial charge is 0.710 e. The number of hydroxylamine groups is 2. The molecule has 2 aliphatic rings. The predicted octanol–water partition coefficient (Wildman–Crippen LogP) is 1.37. The molecule has 2 N–H and O–H groups in total. The van der Waals surface area contributed by atoms with Crippen LogP contribution in [0.4, 0.5) is 10.2 Å². The van der Waals surface area contributed by atoms with E-state index in [0.29, 0.717) is 21.2 Å². The van der Waals surface area contributed by atoms with E-state index in [1.807, 2.05) is 0 Å². The second-order valence-electron chi connectivity index (χ2n) is 9.78. The predicted molar refractivity (Wildman–Crippen MR) is 146 cm³/mol. The number of ketones is 1. The molecule has 2 amide bonds. The van der Waals surface area contributed by atoms with Crippen molar-refractivity contribution >= 4 is 56.5 Å². The van der Waals surface area contributed by atoms with Crippen molar-refractivity contribution in [2.45, 2.75) is 44.7 Å². The van der Waals surface area contributed by atoms with E-state index in [4.69, 9.17) is 0 Å². The summed E-state index contributed by atoms with van der Waals surface area (Å²) in [6.07, 6.45) is 2.86. The molecule has 4 atom stereocenters. The Balaban J connectivity index is 1.42. The van der Waals surface area contributed by atoms with Crippen LogP contribution >= 0.6 is 15.9 Å². The van der Waals surface area contributed by atoms with Gasteiger partial charge in [-0.2, -0.15) is 5.10 Å². The second kappa shape index (κ2) is 10.5. The van der Waals surface area contributed by atoms with Crippen molar-refractivity contribution in [1.82, 2.24) is 14.7 Å². The SMILES string of the molecule is CC(=O)c1nn(CC(=O)N2C[C@H](F)C[C@H]2C(=O)Nc2cccc(Br)[n+]2[O-])c2ccc(C3(C)N=CC=C[NH+]3[O-])cc12. The number of quaternary nitrogens is 1. The Morgan fingerprint density at radius 1 is 1.30 bits per heavy atom. The highest BCUT2D eigenvalue weighted by molar-refractivity contribution is 9.10. The highest BCUT2D eigenvalue weighted by Crippen LogP contribution is 2.28. The number of carbonyl (C=O) groups is 3. The minimum Gasteiger partial charge on any atom is -0.710 e. The van der Waals surface area contributed by atoms with Gasteiger partial charge in [-0.25, -0.2) is 24.2 Å². The van der Waals surface area contributed by atoms with Gasteiger partial charge in [0.25, 0.3) is 5.82 Å². The number of amides is 2. The average Bonchev–Trinajstić information content (AvgIpc) is 3.49. The Kier molecular flexibility index (Phi) is 7.25. The number of aromatic nitrogens is 3. The number of fused-ring (bicyclic) bond motifs is 1. The molecule has 2 unspecified atom stereocenters. The Morgan fingerprint density at radius 2 is 2.08 bits per heavy atom. The molecule has 2 aliphatic heterocycles. The van der Waals surface area contributed by atoms with Gasteiger partial charge in [-0.15, -0.1) is 0 Å². The summed E-state index contributed by atoms with van der Waals surface area (Å²) in [6.45, 7) is 2.34. The van der Waals surface area contributed by atoms with Crippen molar-refractivity contribution in [3.05, 3.63) is 74.9 Å². The van der Waals surface area contributed by atoms with Crippen LogP contribution in [-0.2, 0) is 21.8 Å². The molecule has 208 valence electrons. The van der Waals surface area contributed by atoms with Crippen LogP contribution < -0.4 is 15.1 Å². The van der Waals surface area contributed by atoms with Crippen LogP contribution in [0.3, 0.4) is 0 Å². The number of halogens is 2. The summed E-state index contributed by atoms with van der Waals surface area (Å²) in [5.74, 6) is -1.70. The number of benzene rings is 1. The monoisotopic (exact) mass is 613 g/mol. The van der Waals surface area contributed by atoms with E-state index in [2.05, 4.69) is 31.3 Å². The van der Waals surface area contributed by atoms with Crippen LogP contribution in [0.2, 0.25) is 0 Å². The molecule has 0 spiro atoms. The van der Waals surface area contributed by atoms with Gasteiger partial charge in [-0.1, -0.05) is 0 Å². The summed E-state index contributed by atoms with van der Waals surface area (Å²) in [6, 6.07) is 8.28. The van der Waals surface area contributed by atoms with E-state index < -0.39 is 29.7 Å². The lowest BCUT2D eigenvalue weighted by molar-refractivity contribution is -0.860. The molecule has 14 heteroatoms. The first-order valence-electron chi connectivity index (χ1n) is 12.4. The molecule has 40 heavy (non-hydrogen) atoms. The van der Waals surface area contributed by atoms with Gasteiger partial charge in [0, 0.05) is 49.6 Å². The quantitative estimate of drug-likeness (QED) is 0.185. The summed E-state index contributed by atoms with van der Waals surface area (Å²) in [5.41, 5.74) is -0.0618. The van der Waals surface area contributed by atoms with E-state index in [9.17, 15) is 29.2 Å². The number of Topliss-reactive ketones (excluding diaryl/α,β-unsaturated/α-hetero) is 1. The van der Waals surface area contributed by atoms with Crippen LogP contribution in [-0.4, -0.2) is 57.3 Å². The van der Waals surface area contributed by atoms with Crippen LogP contribution in [0.5, 0.6) is 0 Å². The third kappa shape index (κ3) is 4.89. The lowest BCUT2D eigenvalue weighted by Crippen LogP contribution is -3.10. The van der Waals surface area contributed by atoms with Crippen molar-refractivity contribution in [3.63, 3.8) is 0 Å². The van der Waals surface area contributed by atoms with Gasteiger partial charge in [0.05, 0.1) is 18.3 Å². The number of carbonyl (C=O) groups excluding carboxylic acids is 3. The third-order valence-corrected chi connectivity index (χ3v) is 7.69. The molecule has 4 heterocycles. The fourth-order valence-electron chi connectivity index (χ4n) is 4.93. The number of anilines is 1. The molecule has 2 aromatic heterocycles. The number of hydrogen-bond donors (Lipinski definition) is 2. The van der Waals surface area contributed by atoms with Crippen molar-refractivity contribution in [1.29, 1.82) is 0 Å². The molecule has 1 fully saturated rings. The molecule has 0 aliphatic carbocycles. The minimum atomic E-state index is -1.44. The van der Waals surface area contributed by atoms with E-state index in [0.717, 1.165) is 4.90 Å². The van der Waals surface area contributed by atoms with Crippen LogP contribution in [0, 0.1) is 10.4 Å². The lowest BCUT2D eigenvalue weighted by atomic mass is 9.98. The van der Waals surface area contributed by atoms with Crippen molar-refractivity contribution < 1.29 is 28.6 Å². The molecule has 12 nitrogen and oxygen atoms in total. The van der Waals surface area contributed by atoms with Crippen molar-refractivity contribution in [2.75, 3.05) is 11.9 Å². The van der Waals surface area contributed by atoms with Gasteiger partial charge < -0.3 is 20.4 Å². The van der Waals surface area contributed by atoms with Crippen LogP contribution in [0.15, 0.2) is 58.3 Å². The highest BCUT2D eigenvalue weighted by atomic mass is 79.9. The third-order valence-electron chi connectivity index (χ3n) is 7.10. The number of alkyl halides is 1. The molecule has 0 bridgehead atoms. The molecule has 1 saturated heterocycles. The maximum absolute atomic E-state index is 14.5. The maximum atomic E-state index is 14.5. The molecule has 3 aromatic rings. The molecular weight excluding hydrogens is 589 g/mol. The van der Waals surface area contributed by atoms with Crippen LogP contribution in [0.25, 0.3) is 10.9 Å². The van der Waals surface area contributed by atoms with E-state index in [1.54, 1.807) is 37.3 Å². The maximum Gasteiger partial charge on any atom is 0.330 e. The van der Waals surface area contributed by atoms with Gasteiger partial charge >= 0.3 is 5.91 Å². The number of rotatable bonds is 6. The summed E-state index contributed by atoms with van der Waals surface area (Å²) >= 11 is 3.08. The number of hydrogen-bond acceptors (Lipinski definition) is 7. The summed E-state index contributed by atoms with van der Waals surface area (Å²) < 4.78 is 16.4. The molecule has 5 rings (SSSR count). The van der Waals surface area contributed by atoms with Crippen LogP contribution in [0.1, 0.15) is 36.3 Å². The number of likely N-dealkylation sites (tertiary alicyclic amines) is 1. The normalized spacial score (nSPS) is 24.0. The molecular formula is C26H25BrFN7O5. The van der Waals surface area contributed by atoms with Gasteiger partial charge in [0.1, 0.15) is 24.5 Å². The fraction of sp³-hybridized carbons (Fsp3) is 0.308. The summed E-state index contributed by atoms with van der Waals surface area (Å²) in [5, 5.41) is 31.9. The number of nitrogens with zero attached hydrogens (tertiary/aromatic N) is 5. The van der Waals surface area contributed by atoms with Crippen molar-refractivity contribution in [3.8, 4) is 0 Å². The van der Waals surface area contributed by atoms with Gasteiger partial charge in [0.15, 0.2) is 10.4 Å². The molecule has 0 saturated carbocycles. The fourth-order valence-corrected chi connectivity index (χ4v) is 5.27. The van der Waals surface area contributed by atoms with Gasteiger partial charge in [0.2, 0.25) is 11.6 Å². The smallest absolute Gasteiger partial charge is 0.330 e. The zero-order valence-electron chi connectivity index (χ0n) is 21.5. The Bertz CT molecular complexity index is 1590. The summed E-state index contributed by atoms with van der Waals surface area (Å²) in [7, 11) is 0. The molecule has 1 aromatic carbocycles. The lowest BCUT2D eigenvalue weighted by Gasteiger charge is -2.36. The van der Waals surface area contributed by atoms with E-state index in [-0.39, 0.29) is 46.5 Å². The second-order valence-corrected chi connectivity index (χ2v) is 10.6. The first-order chi connectivity index (χ1) is 19.0. The molecule has 0 radical (unpaired) electrons. The first-order valence-corrected chi connectivity index (χ1v) is 13.2. The number of aliphatic imine (C=N–C) groups is 1. The first kappa shape index (κ1) is 27.6.